The Morgan fingerprint density at radius 1 is 1.45 bits per heavy atom. The molecule has 0 saturated carbocycles. The van der Waals surface area contributed by atoms with E-state index in [2.05, 4.69) is 5.32 Å². The van der Waals surface area contributed by atoms with E-state index in [4.69, 9.17) is 5.73 Å². The van der Waals surface area contributed by atoms with Gasteiger partial charge in [-0.25, -0.2) is 0 Å². The third-order valence-corrected chi connectivity index (χ3v) is 5.20. The second kappa shape index (κ2) is 6.18. The average molecular weight is 311 g/mol. The molecule has 22 heavy (non-hydrogen) atoms. The van der Waals surface area contributed by atoms with Crippen LogP contribution in [0.25, 0.3) is 0 Å². The summed E-state index contributed by atoms with van der Waals surface area (Å²) in [5, 5.41) is 22.4. The summed E-state index contributed by atoms with van der Waals surface area (Å²) in [5.41, 5.74) is 4.12. The monoisotopic (exact) mass is 311 g/mol. The molecule has 3 atom stereocenters. The quantitative estimate of drug-likeness (QED) is 0.486. The van der Waals surface area contributed by atoms with Gasteiger partial charge >= 0.3 is 5.97 Å². The number of carbonyl (C=O) groups excluding carboxylic acids is 1. The zero-order valence-corrected chi connectivity index (χ0v) is 13.3. The van der Waals surface area contributed by atoms with Crippen LogP contribution in [0, 0.1) is 5.41 Å². The van der Waals surface area contributed by atoms with Crippen LogP contribution in [0.4, 0.5) is 0 Å². The standard InChI is InChI=1S/C14H26BN3O4/c1-10(16)11(19)18-8-13(4-3-6-15(2)22)5-7-17-14(13,9-18)12(20)21/h10,17,22H,3-9,16H2,1-2H3,(H,20,21)/t10-,13+,14+/m0/s1. The molecule has 2 fully saturated rings. The Morgan fingerprint density at radius 3 is 2.68 bits per heavy atom. The summed E-state index contributed by atoms with van der Waals surface area (Å²) in [6.45, 7) is 4.19. The number of carboxylic acids is 1. The molecule has 0 radical (unpaired) electrons. The largest absolute Gasteiger partial charge is 0.480 e. The van der Waals surface area contributed by atoms with Crippen LogP contribution in [0.15, 0.2) is 0 Å². The molecule has 2 aliphatic heterocycles. The zero-order valence-electron chi connectivity index (χ0n) is 13.3. The first-order chi connectivity index (χ1) is 10.2. The summed E-state index contributed by atoms with van der Waals surface area (Å²) in [4.78, 5) is 25.8. The zero-order chi connectivity index (χ0) is 16.5. The van der Waals surface area contributed by atoms with Gasteiger partial charge in [0, 0.05) is 12.0 Å². The minimum absolute atomic E-state index is 0.164. The Morgan fingerprint density at radius 2 is 2.14 bits per heavy atom. The van der Waals surface area contributed by atoms with E-state index in [-0.39, 0.29) is 12.5 Å². The highest BCUT2D eigenvalue weighted by Crippen LogP contribution is 2.49. The van der Waals surface area contributed by atoms with Crippen molar-refractivity contribution in [1.29, 1.82) is 0 Å². The van der Waals surface area contributed by atoms with Gasteiger partial charge in [0.2, 0.25) is 5.91 Å². The SMILES string of the molecule is CB(O)CCC[C@]12CCN[C@@]1(C(=O)O)CN(C(=O)[C@H](C)N)C2. The Hall–Kier alpha value is -1.12. The lowest BCUT2D eigenvalue weighted by atomic mass is 9.63. The second-order valence-corrected chi connectivity index (χ2v) is 6.89. The molecule has 2 saturated heterocycles. The highest BCUT2D eigenvalue weighted by atomic mass is 16.4. The first-order valence-electron chi connectivity index (χ1n) is 7.95. The summed E-state index contributed by atoms with van der Waals surface area (Å²) in [6, 6.07) is -0.626. The summed E-state index contributed by atoms with van der Waals surface area (Å²) in [6.07, 6.45) is 2.79. The van der Waals surface area contributed by atoms with E-state index < -0.39 is 29.9 Å². The van der Waals surface area contributed by atoms with Crippen molar-refractivity contribution in [2.24, 2.45) is 11.1 Å². The molecule has 0 bridgehead atoms. The van der Waals surface area contributed by atoms with Crippen molar-refractivity contribution >= 4 is 18.8 Å². The Labute approximate surface area is 131 Å². The summed E-state index contributed by atoms with van der Waals surface area (Å²) < 4.78 is 0. The van der Waals surface area contributed by atoms with E-state index >= 15 is 0 Å². The molecule has 2 aliphatic rings. The maximum atomic E-state index is 12.2. The van der Waals surface area contributed by atoms with E-state index in [9.17, 15) is 19.7 Å². The molecule has 0 aromatic heterocycles. The van der Waals surface area contributed by atoms with E-state index in [0.717, 1.165) is 12.8 Å². The van der Waals surface area contributed by atoms with Gasteiger partial charge < -0.3 is 20.8 Å². The number of fused-ring (bicyclic) bond motifs is 1. The van der Waals surface area contributed by atoms with Gasteiger partial charge in [0.1, 0.15) is 5.54 Å². The molecule has 2 rings (SSSR count). The number of nitrogens with one attached hydrogen (secondary N) is 1. The molecule has 0 aromatic carbocycles. The van der Waals surface area contributed by atoms with Crippen molar-refractivity contribution < 1.29 is 19.7 Å². The van der Waals surface area contributed by atoms with Gasteiger partial charge in [0.25, 0.3) is 6.92 Å². The van der Waals surface area contributed by atoms with Crippen molar-refractivity contribution in [3.05, 3.63) is 0 Å². The first kappa shape index (κ1) is 17.2. The van der Waals surface area contributed by atoms with Gasteiger partial charge in [0.05, 0.1) is 12.6 Å². The molecular weight excluding hydrogens is 285 g/mol. The van der Waals surface area contributed by atoms with Crippen LogP contribution in [0.1, 0.15) is 26.2 Å². The third-order valence-electron chi connectivity index (χ3n) is 5.20. The molecule has 0 unspecified atom stereocenters. The molecule has 124 valence electrons. The van der Waals surface area contributed by atoms with Crippen molar-refractivity contribution in [2.45, 2.75) is 50.9 Å². The fraction of sp³-hybridized carbons (Fsp3) is 0.857. The Balaban J connectivity index is 2.22. The third kappa shape index (κ3) is 2.75. The van der Waals surface area contributed by atoms with E-state index in [1.807, 2.05) is 0 Å². The molecule has 7 nitrogen and oxygen atoms in total. The predicted octanol–water partition coefficient (Wildman–Crippen LogP) is -0.627. The Bertz CT molecular complexity index is 459. The van der Waals surface area contributed by atoms with E-state index in [1.165, 1.54) is 0 Å². The molecule has 1 amide bonds. The van der Waals surface area contributed by atoms with Gasteiger partial charge in [-0.1, -0.05) is 13.2 Å². The highest BCUT2D eigenvalue weighted by molar-refractivity contribution is 6.48. The van der Waals surface area contributed by atoms with Crippen molar-refractivity contribution in [1.82, 2.24) is 10.2 Å². The minimum atomic E-state index is -1.09. The number of carboxylic acid groups (broad SMARTS) is 1. The van der Waals surface area contributed by atoms with Gasteiger partial charge in [-0.15, -0.1) is 0 Å². The minimum Gasteiger partial charge on any atom is -0.480 e. The summed E-state index contributed by atoms with van der Waals surface area (Å²) in [7, 11) is 0. The maximum absolute atomic E-state index is 12.2. The number of hydrogen-bond donors (Lipinski definition) is 4. The number of nitrogens with zero attached hydrogens (tertiary/aromatic N) is 1. The van der Waals surface area contributed by atoms with E-state index in [1.54, 1.807) is 18.6 Å². The predicted molar refractivity (Wildman–Crippen MR) is 83.5 cm³/mol. The van der Waals surface area contributed by atoms with Crippen molar-refractivity contribution in [2.75, 3.05) is 19.6 Å². The van der Waals surface area contributed by atoms with Crippen LogP contribution in [0.2, 0.25) is 13.1 Å². The van der Waals surface area contributed by atoms with Gasteiger partial charge in [-0.2, -0.15) is 0 Å². The number of hydrogen-bond acceptors (Lipinski definition) is 5. The van der Waals surface area contributed by atoms with Gasteiger partial charge in [0.15, 0.2) is 0 Å². The lowest BCUT2D eigenvalue weighted by Crippen LogP contribution is -2.58. The molecule has 0 aromatic rings. The number of nitrogens with two attached hydrogens (primary N) is 1. The molecular formula is C14H26BN3O4. The van der Waals surface area contributed by atoms with E-state index in [0.29, 0.717) is 25.8 Å². The average Bonchev–Trinajstić information content (AvgIpc) is 2.90. The fourth-order valence-electron chi connectivity index (χ4n) is 4.03. The van der Waals surface area contributed by atoms with Crippen molar-refractivity contribution in [3.63, 3.8) is 0 Å². The smallest absolute Gasteiger partial charge is 0.326 e. The molecule has 5 N–H and O–H groups in total. The lowest BCUT2D eigenvalue weighted by molar-refractivity contribution is -0.147. The second-order valence-electron chi connectivity index (χ2n) is 6.89. The number of aliphatic carboxylic acids is 1. The first-order valence-corrected chi connectivity index (χ1v) is 7.95. The number of rotatable bonds is 6. The number of carbonyl (C=O) groups is 2. The number of amides is 1. The van der Waals surface area contributed by atoms with Crippen LogP contribution in [-0.2, 0) is 9.59 Å². The summed E-state index contributed by atoms with van der Waals surface area (Å²) >= 11 is 0. The van der Waals surface area contributed by atoms with Gasteiger partial charge in [-0.05, 0) is 32.6 Å². The maximum Gasteiger partial charge on any atom is 0.326 e. The Kier molecular flexibility index (Phi) is 4.84. The summed E-state index contributed by atoms with van der Waals surface area (Å²) in [5.74, 6) is -1.10. The van der Waals surface area contributed by atoms with Gasteiger partial charge in [-0.3, -0.25) is 14.9 Å². The fourth-order valence-corrected chi connectivity index (χ4v) is 4.03. The highest BCUT2D eigenvalue weighted by Gasteiger charge is 2.65. The molecule has 0 aliphatic carbocycles. The van der Waals surface area contributed by atoms with Crippen LogP contribution in [0.3, 0.4) is 0 Å². The van der Waals surface area contributed by atoms with Crippen molar-refractivity contribution in [3.8, 4) is 0 Å². The van der Waals surface area contributed by atoms with Crippen LogP contribution in [0.5, 0.6) is 0 Å². The van der Waals surface area contributed by atoms with Crippen LogP contribution >= 0.6 is 0 Å². The topological polar surface area (TPSA) is 116 Å². The lowest BCUT2D eigenvalue weighted by Gasteiger charge is -2.35. The normalized spacial score (nSPS) is 31.9. The number of likely N-dealkylation sites (tertiary alicyclic amines) is 1. The molecule has 8 heteroatoms. The molecule has 2 heterocycles. The van der Waals surface area contributed by atoms with Crippen LogP contribution in [-0.4, -0.2) is 65.0 Å². The van der Waals surface area contributed by atoms with Crippen LogP contribution < -0.4 is 11.1 Å². The molecule has 0 spiro atoms.